The lowest BCUT2D eigenvalue weighted by atomic mass is 10.2. The van der Waals surface area contributed by atoms with E-state index in [9.17, 15) is 9.59 Å². The first-order chi connectivity index (χ1) is 12.6. The number of thiophene rings is 1. The van der Waals surface area contributed by atoms with Crippen molar-refractivity contribution in [3.8, 4) is 11.4 Å². The molecule has 1 aromatic carbocycles. The maximum atomic E-state index is 12.1. The van der Waals surface area contributed by atoms with Crippen LogP contribution in [0.15, 0.2) is 39.5 Å². The Labute approximate surface area is 157 Å². The molecule has 0 saturated carbocycles. The summed E-state index contributed by atoms with van der Waals surface area (Å²) in [5.74, 6) is 0.0612. The van der Waals surface area contributed by atoms with Crippen LogP contribution in [-0.4, -0.2) is 29.1 Å². The third kappa shape index (κ3) is 4.27. The number of aromatic nitrogens is 2. The largest absolute Gasteiger partial charge is 0.465 e. The van der Waals surface area contributed by atoms with E-state index in [1.165, 1.54) is 19.2 Å². The van der Waals surface area contributed by atoms with Gasteiger partial charge in [-0.3, -0.25) is 4.79 Å². The number of carbonyl (C=O) groups excluding carboxylic acids is 2. The quantitative estimate of drug-likeness (QED) is 0.642. The molecule has 0 atom stereocenters. The molecule has 134 valence electrons. The van der Waals surface area contributed by atoms with Crippen molar-refractivity contribution in [1.82, 2.24) is 10.1 Å². The fourth-order valence-corrected chi connectivity index (χ4v) is 3.01. The number of esters is 1. The number of hydrogen-bond donors (Lipinski definition) is 1. The molecule has 0 aliphatic rings. The van der Waals surface area contributed by atoms with E-state index >= 15 is 0 Å². The molecule has 1 N–H and O–H groups in total. The maximum Gasteiger partial charge on any atom is 0.339 e. The summed E-state index contributed by atoms with van der Waals surface area (Å²) in [7, 11) is 1.26. The summed E-state index contributed by atoms with van der Waals surface area (Å²) < 4.78 is 9.81. The molecule has 0 radical (unpaired) electrons. The highest BCUT2D eigenvalue weighted by Gasteiger charge is 2.14. The monoisotopic (exact) mass is 391 g/mol. The molecule has 9 heteroatoms. The first kappa shape index (κ1) is 18.1. The van der Waals surface area contributed by atoms with Gasteiger partial charge in [-0.2, -0.15) is 16.3 Å². The molecular formula is C17H14ClN3O4S. The highest BCUT2D eigenvalue weighted by Crippen LogP contribution is 2.22. The van der Waals surface area contributed by atoms with E-state index in [2.05, 4.69) is 20.2 Å². The fourth-order valence-electron chi connectivity index (χ4n) is 2.18. The van der Waals surface area contributed by atoms with Crippen LogP contribution < -0.4 is 5.32 Å². The molecule has 0 aliphatic carbocycles. The second kappa shape index (κ2) is 8.11. The van der Waals surface area contributed by atoms with Gasteiger partial charge < -0.3 is 14.6 Å². The van der Waals surface area contributed by atoms with Crippen molar-refractivity contribution >= 4 is 40.5 Å². The molecule has 3 rings (SSSR count). The minimum absolute atomic E-state index is 0.154. The Kier molecular flexibility index (Phi) is 5.65. The third-order valence-electron chi connectivity index (χ3n) is 3.47. The Hall–Kier alpha value is -2.71. The van der Waals surface area contributed by atoms with E-state index in [1.54, 1.807) is 17.4 Å². The summed E-state index contributed by atoms with van der Waals surface area (Å²) >= 11 is 7.49. The number of ether oxygens (including phenoxy) is 1. The van der Waals surface area contributed by atoms with E-state index in [0.29, 0.717) is 23.8 Å². The van der Waals surface area contributed by atoms with Crippen molar-refractivity contribution in [2.45, 2.75) is 12.8 Å². The molecule has 0 saturated heterocycles. The minimum atomic E-state index is -0.571. The zero-order valence-electron chi connectivity index (χ0n) is 13.7. The molecule has 0 unspecified atom stereocenters. The van der Waals surface area contributed by atoms with Gasteiger partial charge in [-0.05, 0) is 29.6 Å². The standard InChI is InChI=1S/C17H14ClN3O4S/c1-24-17(23)12-8-11(2-3-13(12)18)19-14(22)4-5-15-20-16(21-25-15)10-6-7-26-9-10/h2-3,6-9H,4-5H2,1H3,(H,19,22). The lowest BCUT2D eigenvalue weighted by Crippen LogP contribution is -2.13. The van der Waals surface area contributed by atoms with Crippen molar-refractivity contribution in [2.24, 2.45) is 0 Å². The predicted octanol–water partition coefficient (Wildman–Crippen LogP) is 3.81. The number of anilines is 1. The molecule has 0 bridgehead atoms. The first-order valence-corrected chi connectivity index (χ1v) is 8.92. The average molecular weight is 392 g/mol. The van der Waals surface area contributed by atoms with Gasteiger partial charge in [-0.25, -0.2) is 4.79 Å². The number of benzene rings is 1. The lowest BCUT2D eigenvalue weighted by molar-refractivity contribution is -0.116. The van der Waals surface area contributed by atoms with E-state index < -0.39 is 5.97 Å². The number of hydrogen-bond acceptors (Lipinski definition) is 7. The number of nitrogens with one attached hydrogen (secondary N) is 1. The zero-order chi connectivity index (χ0) is 18.5. The Bertz CT molecular complexity index is 924. The lowest BCUT2D eigenvalue weighted by Gasteiger charge is -2.07. The van der Waals surface area contributed by atoms with Crippen LogP contribution in [0.5, 0.6) is 0 Å². The molecule has 0 aliphatic heterocycles. The predicted molar refractivity (Wildman–Crippen MR) is 97.4 cm³/mol. The van der Waals surface area contributed by atoms with Crippen LogP contribution in [0.2, 0.25) is 5.02 Å². The van der Waals surface area contributed by atoms with Gasteiger partial charge in [0, 0.05) is 29.5 Å². The number of methoxy groups -OCH3 is 1. The number of halogens is 1. The Morgan fingerprint density at radius 2 is 2.19 bits per heavy atom. The number of rotatable bonds is 6. The summed E-state index contributed by atoms with van der Waals surface area (Å²) in [6.07, 6.45) is 0.460. The molecule has 26 heavy (non-hydrogen) atoms. The van der Waals surface area contributed by atoms with Gasteiger partial charge in [-0.1, -0.05) is 16.8 Å². The summed E-state index contributed by atoms with van der Waals surface area (Å²) in [5.41, 5.74) is 1.51. The topological polar surface area (TPSA) is 94.3 Å². The highest BCUT2D eigenvalue weighted by atomic mass is 35.5. The molecule has 2 aromatic heterocycles. The summed E-state index contributed by atoms with van der Waals surface area (Å²) in [5, 5.41) is 10.7. The minimum Gasteiger partial charge on any atom is -0.465 e. The smallest absolute Gasteiger partial charge is 0.339 e. The maximum absolute atomic E-state index is 12.1. The van der Waals surface area contributed by atoms with Crippen molar-refractivity contribution in [3.05, 3.63) is 51.5 Å². The van der Waals surface area contributed by atoms with E-state index in [1.807, 2.05) is 16.8 Å². The Morgan fingerprint density at radius 3 is 2.92 bits per heavy atom. The van der Waals surface area contributed by atoms with Gasteiger partial charge in [0.15, 0.2) is 0 Å². The second-order valence-corrected chi connectivity index (χ2v) is 6.45. The summed E-state index contributed by atoms with van der Waals surface area (Å²) in [4.78, 5) is 28.0. The summed E-state index contributed by atoms with van der Waals surface area (Å²) in [6.45, 7) is 0. The van der Waals surface area contributed by atoms with E-state index in [0.717, 1.165) is 5.56 Å². The Balaban J connectivity index is 1.59. The highest BCUT2D eigenvalue weighted by molar-refractivity contribution is 7.08. The third-order valence-corrected chi connectivity index (χ3v) is 4.48. The molecule has 0 spiro atoms. The second-order valence-electron chi connectivity index (χ2n) is 5.26. The van der Waals surface area contributed by atoms with Crippen molar-refractivity contribution in [3.63, 3.8) is 0 Å². The number of carbonyl (C=O) groups is 2. The van der Waals surface area contributed by atoms with Gasteiger partial charge in [0.05, 0.1) is 17.7 Å². The van der Waals surface area contributed by atoms with Crippen LogP contribution in [0.25, 0.3) is 11.4 Å². The van der Waals surface area contributed by atoms with Crippen LogP contribution in [0.1, 0.15) is 22.7 Å². The Morgan fingerprint density at radius 1 is 1.35 bits per heavy atom. The fraction of sp³-hybridized carbons (Fsp3) is 0.176. The van der Waals surface area contributed by atoms with Gasteiger partial charge >= 0.3 is 5.97 Å². The number of amides is 1. The van der Waals surface area contributed by atoms with Crippen LogP contribution in [0.4, 0.5) is 5.69 Å². The number of aryl methyl sites for hydroxylation is 1. The molecule has 0 fully saturated rings. The molecule has 1 amide bonds. The van der Waals surface area contributed by atoms with Crippen LogP contribution in [0, 0.1) is 0 Å². The summed E-state index contributed by atoms with van der Waals surface area (Å²) in [6, 6.07) is 6.49. The molecule has 3 aromatic rings. The van der Waals surface area contributed by atoms with Crippen molar-refractivity contribution < 1.29 is 18.8 Å². The van der Waals surface area contributed by atoms with Gasteiger partial charge in [0.25, 0.3) is 0 Å². The van der Waals surface area contributed by atoms with E-state index in [4.69, 9.17) is 16.1 Å². The van der Waals surface area contributed by atoms with Gasteiger partial charge in [0.1, 0.15) is 0 Å². The average Bonchev–Trinajstić information content (AvgIpc) is 3.32. The first-order valence-electron chi connectivity index (χ1n) is 7.59. The number of nitrogens with zero attached hydrogens (tertiary/aromatic N) is 2. The van der Waals surface area contributed by atoms with Crippen LogP contribution in [-0.2, 0) is 16.0 Å². The van der Waals surface area contributed by atoms with Gasteiger partial charge in [-0.15, -0.1) is 0 Å². The zero-order valence-corrected chi connectivity index (χ0v) is 15.3. The van der Waals surface area contributed by atoms with Crippen molar-refractivity contribution in [1.29, 1.82) is 0 Å². The molecule has 2 heterocycles. The molecular weight excluding hydrogens is 378 g/mol. The van der Waals surface area contributed by atoms with Gasteiger partial charge in [0.2, 0.25) is 17.6 Å². The SMILES string of the molecule is COC(=O)c1cc(NC(=O)CCc2nc(-c3ccsc3)no2)ccc1Cl. The van der Waals surface area contributed by atoms with Crippen molar-refractivity contribution in [2.75, 3.05) is 12.4 Å². The van der Waals surface area contributed by atoms with E-state index in [-0.39, 0.29) is 22.9 Å². The van der Waals surface area contributed by atoms with Crippen LogP contribution in [0.3, 0.4) is 0 Å². The van der Waals surface area contributed by atoms with Crippen LogP contribution >= 0.6 is 22.9 Å². The normalized spacial score (nSPS) is 10.5. The molecule has 7 nitrogen and oxygen atoms in total.